The van der Waals surface area contributed by atoms with Gasteiger partial charge >= 0.3 is 12.0 Å². The zero-order valence-electron chi connectivity index (χ0n) is 31.3. The number of thiazole rings is 1. The third kappa shape index (κ3) is 7.83. The van der Waals surface area contributed by atoms with Crippen LogP contribution in [0.4, 0.5) is 9.93 Å². The number of amides is 3. The van der Waals surface area contributed by atoms with E-state index in [4.69, 9.17) is 10.6 Å². The topological polar surface area (TPSA) is 283 Å². The van der Waals surface area contributed by atoms with Crippen molar-refractivity contribution < 1.29 is 53.7 Å². The largest absolute Gasteiger partial charge is 0.543 e. The fourth-order valence-corrected chi connectivity index (χ4v) is 9.06. The number of nitrogens with zero attached hydrogens (tertiary/aromatic N) is 7. The summed E-state index contributed by atoms with van der Waals surface area (Å²) in [4.78, 5) is 89.8. The van der Waals surface area contributed by atoms with E-state index < -0.39 is 74.7 Å². The van der Waals surface area contributed by atoms with Crippen LogP contribution in [-0.4, -0.2) is 141 Å². The molecule has 3 amide bonds. The monoisotopic (exact) mass is 827 g/mol. The maximum absolute atomic E-state index is 13.8. The first-order chi connectivity index (χ1) is 26.9. The van der Waals surface area contributed by atoms with Crippen molar-refractivity contribution in [2.75, 3.05) is 45.0 Å². The number of rotatable bonds is 13. The van der Waals surface area contributed by atoms with E-state index >= 15 is 0 Å². The van der Waals surface area contributed by atoms with Crippen LogP contribution in [0.5, 0.6) is 11.5 Å². The van der Waals surface area contributed by atoms with Gasteiger partial charge in [-0.1, -0.05) is 5.16 Å². The molecule has 3 aliphatic heterocycles. The predicted molar refractivity (Wildman–Crippen MR) is 204 cm³/mol. The van der Waals surface area contributed by atoms with Gasteiger partial charge in [0.25, 0.3) is 11.8 Å². The predicted octanol–water partition coefficient (Wildman–Crippen LogP) is -0.176. The van der Waals surface area contributed by atoms with Gasteiger partial charge in [-0.05, 0) is 33.8 Å². The molecular formula is C35H41N9O11S2. The Kier molecular flexibility index (Phi) is 11.2. The zero-order valence-corrected chi connectivity index (χ0v) is 33.0. The van der Waals surface area contributed by atoms with Crippen LogP contribution < -0.4 is 21.6 Å². The van der Waals surface area contributed by atoms with Gasteiger partial charge in [0.2, 0.25) is 11.0 Å². The van der Waals surface area contributed by atoms with Crippen LogP contribution in [0.25, 0.3) is 10.9 Å². The fourth-order valence-electron chi connectivity index (χ4n) is 7.07. The number of likely N-dealkylation sites (tertiary alicyclic amines) is 1. The molecule has 0 unspecified atom stereocenters. The summed E-state index contributed by atoms with van der Waals surface area (Å²) in [5, 5.41) is 52.9. The standard InChI is InChI=1S/C35H41N9O11S2/c1-5-41(34(54)43-21-13-23(46)22(45)12-18(21)24(47)14-37-43)8-11-44(9-6-7-10-44)15-19-17(2)57-30-26(29(49)42(30)27(19)31(50)51)39-28(48)25(20-16-56-33(36)38-20)40-55-35(3,4)32(52)53/h12-14,16-17,26,30H,5-11,15H2,1-4H3,(H6-,36,37,38,39,40,45,46,47,48,50,51,52,53)/t17-,26+,30+/m0/s1. The Morgan fingerprint density at radius 2 is 1.86 bits per heavy atom. The van der Waals surface area contributed by atoms with Crippen molar-refractivity contribution in [2.45, 2.75) is 62.8 Å². The highest BCUT2D eigenvalue weighted by molar-refractivity contribution is 8.00. The molecule has 0 spiro atoms. The van der Waals surface area contributed by atoms with E-state index in [0.29, 0.717) is 29.7 Å². The highest BCUT2D eigenvalue weighted by Gasteiger charge is 2.55. The molecule has 22 heteroatoms. The number of phenolic OH excluding ortho intramolecular Hbond substituents is 2. The Balaban J connectivity index is 1.22. The number of hydrogen-bond donors (Lipinski definition) is 5. The molecule has 3 aliphatic rings. The molecule has 3 aromatic rings. The number of phenols is 2. The summed E-state index contributed by atoms with van der Waals surface area (Å²) in [5.74, 6) is -5.58. The number of oxime groups is 1. The minimum Gasteiger partial charge on any atom is -0.543 e. The number of thioether (sulfide) groups is 1. The SMILES string of the molecule is CCN(CC[N+]1(CC2=C(C(=O)[O-])N3C(=O)[C@@H](NC(=O)/C(=N\OC(C)(C)C(=O)O)c4csc(N)n4)[C@H]3S[C@H]2C)CCCC1)C(=O)n1ncc(=O)c2cc(O)c(O)cc21. The first-order valence-corrected chi connectivity index (χ1v) is 19.7. The number of carbonyl (C=O) groups excluding carboxylic acids is 4. The summed E-state index contributed by atoms with van der Waals surface area (Å²) < 4.78 is 1.39. The molecule has 2 fully saturated rings. The number of carboxylic acids is 2. The van der Waals surface area contributed by atoms with Gasteiger partial charge in [-0.3, -0.25) is 19.3 Å². The number of likely N-dealkylation sites (N-methyl/N-ethyl adjacent to an activating group) is 1. The van der Waals surface area contributed by atoms with E-state index in [1.165, 1.54) is 35.9 Å². The highest BCUT2D eigenvalue weighted by Crippen LogP contribution is 2.45. The third-order valence-corrected chi connectivity index (χ3v) is 12.5. The van der Waals surface area contributed by atoms with E-state index in [2.05, 4.69) is 20.6 Å². The Labute approximate surface area is 332 Å². The summed E-state index contributed by atoms with van der Waals surface area (Å²) >= 11 is 2.28. The number of anilines is 1. The first kappa shape index (κ1) is 40.9. The van der Waals surface area contributed by atoms with Crippen molar-refractivity contribution in [1.82, 2.24) is 29.9 Å². The molecule has 1 aromatic carbocycles. The first-order valence-electron chi connectivity index (χ1n) is 17.9. The number of nitrogens with one attached hydrogen (secondary N) is 1. The number of β-lactam (4-membered cyclic amide) rings is 1. The maximum Gasteiger partial charge on any atom is 0.350 e. The van der Waals surface area contributed by atoms with E-state index in [1.54, 1.807) is 6.92 Å². The molecule has 0 bridgehead atoms. The summed E-state index contributed by atoms with van der Waals surface area (Å²) in [5.41, 5.74) is 3.13. The van der Waals surface area contributed by atoms with E-state index in [-0.39, 0.29) is 47.1 Å². The number of nitrogens with two attached hydrogens (primary N) is 1. The lowest BCUT2D eigenvalue weighted by Crippen LogP contribution is -2.72. The number of carbonyl (C=O) groups is 5. The van der Waals surface area contributed by atoms with Crippen LogP contribution in [0.15, 0.2) is 44.9 Å². The molecule has 2 aromatic heterocycles. The number of carboxylic acid groups (broad SMARTS) is 2. The van der Waals surface area contributed by atoms with E-state index in [0.717, 1.165) is 52.1 Å². The average molecular weight is 828 g/mol. The van der Waals surface area contributed by atoms with Crippen molar-refractivity contribution in [1.29, 1.82) is 0 Å². The minimum absolute atomic E-state index is 0.00837. The van der Waals surface area contributed by atoms with Crippen LogP contribution in [0.2, 0.25) is 0 Å². The second-order valence-electron chi connectivity index (χ2n) is 14.4. The lowest BCUT2D eigenvalue weighted by molar-refractivity contribution is -0.911. The number of fused-ring (bicyclic) bond motifs is 2. The summed E-state index contributed by atoms with van der Waals surface area (Å²) in [6.45, 7) is 8.48. The highest BCUT2D eigenvalue weighted by atomic mass is 32.2. The Morgan fingerprint density at radius 1 is 1.18 bits per heavy atom. The number of aromatic nitrogens is 3. The van der Waals surface area contributed by atoms with Crippen molar-refractivity contribution in [3.05, 3.63) is 50.9 Å². The third-order valence-electron chi connectivity index (χ3n) is 10.3. The summed E-state index contributed by atoms with van der Waals surface area (Å²) in [6.07, 6.45) is 2.63. The second-order valence-corrected chi connectivity index (χ2v) is 16.8. The molecule has 2 saturated heterocycles. The fraction of sp³-hybridized carbons (Fsp3) is 0.457. The van der Waals surface area contributed by atoms with Crippen molar-refractivity contribution in [2.24, 2.45) is 5.16 Å². The normalized spacial score (nSPS) is 20.6. The molecule has 6 rings (SSSR count). The molecule has 57 heavy (non-hydrogen) atoms. The molecule has 6 N–H and O–H groups in total. The number of nitrogen functional groups attached to an aromatic ring is 1. The number of benzene rings is 1. The number of aromatic hydroxyl groups is 2. The lowest BCUT2D eigenvalue weighted by atomic mass is 9.99. The van der Waals surface area contributed by atoms with Gasteiger partial charge in [-0.15, -0.1) is 23.1 Å². The van der Waals surface area contributed by atoms with Gasteiger partial charge in [-0.2, -0.15) is 9.78 Å². The quantitative estimate of drug-likeness (QED) is 0.0492. The summed E-state index contributed by atoms with van der Waals surface area (Å²) in [7, 11) is 0. The van der Waals surface area contributed by atoms with Crippen LogP contribution in [-0.2, 0) is 24.0 Å². The van der Waals surface area contributed by atoms with Crippen molar-refractivity contribution in [3.63, 3.8) is 0 Å². The van der Waals surface area contributed by atoms with Gasteiger partial charge in [0.05, 0.1) is 54.9 Å². The van der Waals surface area contributed by atoms with Gasteiger partial charge in [0, 0.05) is 41.7 Å². The van der Waals surface area contributed by atoms with Crippen LogP contribution >= 0.6 is 23.1 Å². The van der Waals surface area contributed by atoms with Crippen LogP contribution in [0.1, 0.15) is 46.2 Å². The molecular weight excluding hydrogens is 787 g/mol. The van der Waals surface area contributed by atoms with Crippen molar-refractivity contribution >= 4 is 74.6 Å². The van der Waals surface area contributed by atoms with E-state index in [1.807, 2.05) is 6.92 Å². The number of quaternary nitrogens is 1. The number of hydrogen-bond acceptors (Lipinski definition) is 16. The molecule has 3 atom stereocenters. The molecule has 20 nitrogen and oxygen atoms in total. The molecule has 0 radical (unpaired) electrons. The van der Waals surface area contributed by atoms with Gasteiger partial charge in [0.15, 0.2) is 22.3 Å². The number of aliphatic carboxylic acids is 2. The lowest BCUT2D eigenvalue weighted by Gasteiger charge is -2.53. The zero-order chi connectivity index (χ0) is 41.6. The van der Waals surface area contributed by atoms with Gasteiger partial charge in [-0.25, -0.2) is 14.6 Å². The molecule has 5 heterocycles. The Bertz CT molecular complexity index is 2280. The van der Waals surface area contributed by atoms with Crippen LogP contribution in [0.3, 0.4) is 0 Å². The van der Waals surface area contributed by atoms with E-state index in [9.17, 15) is 49.2 Å². The molecule has 0 saturated carbocycles. The molecule has 0 aliphatic carbocycles. The van der Waals surface area contributed by atoms with Crippen LogP contribution in [0, 0.1) is 0 Å². The maximum atomic E-state index is 13.8. The Hall–Kier alpha value is -5.74. The smallest absolute Gasteiger partial charge is 0.350 e. The van der Waals surface area contributed by atoms with Gasteiger partial charge in [0.1, 0.15) is 23.7 Å². The summed E-state index contributed by atoms with van der Waals surface area (Å²) in [6, 6.07) is 0.404. The Morgan fingerprint density at radius 3 is 2.47 bits per heavy atom. The second kappa shape index (κ2) is 15.7. The minimum atomic E-state index is -1.82. The molecule has 304 valence electrons. The average Bonchev–Trinajstić information content (AvgIpc) is 3.81. The van der Waals surface area contributed by atoms with Gasteiger partial charge < -0.3 is 50.5 Å². The van der Waals surface area contributed by atoms with Crippen molar-refractivity contribution in [3.8, 4) is 11.5 Å².